The van der Waals surface area contributed by atoms with Crippen LogP contribution in [0, 0.1) is 6.92 Å². The van der Waals surface area contributed by atoms with Crippen molar-refractivity contribution in [3.63, 3.8) is 0 Å². The number of hydrogen-bond acceptors (Lipinski definition) is 5. The molecule has 0 aliphatic carbocycles. The molecule has 0 aliphatic heterocycles. The Bertz CT molecular complexity index is 652. The highest BCUT2D eigenvalue weighted by molar-refractivity contribution is 9.10. The summed E-state index contributed by atoms with van der Waals surface area (Å²) in [4.78, 5) is 13.4. The number of halogens is 1. The van der Waals surface area contributed by atoms with Gasteiger partial charge in [0.15, 0.2) is 4.67 Å². The highest BCUT2D eigenvalue weighted by Crippen LogP contribution is 2.40. The number of thiophene rings is 1. The van der Waals surface area contributed by atoms with Gasteiger partial charge in [0.1, 0.15) is 16.2 Å². The quantitative estimate of drug-likeness (QED) is 0.796. The summed E-state index contributed by atoms with van der Waals surface area (Å²) in [6.07, 6.45) is 0. The molecule has 0 atom stereocenters. The Kier molecular flexibility index (Phi) is 3.97. The first kappa shape index (κ1) is 15.1. The molecule has 0 saturated heterocycles. The second-order valence-corrected chi connectivity index (χ2v) is 7.21. The molecular weight excluding hydrogens is 342 g/mol. The first-order chi connectivity index (χ1) is 9.19. The third-order valence-electron chi connectivity index (χ3n) is 2.57. The number of furan rings is 1. The molecule has 2 N–H and O–H groups in total. The normalized spacial score (nSPS) is 11.7. The molecule has 0 unspecified atom stereocenters. The SMILES string of the molecule is Cc1c(-c2ccc(Br)o2)sc(C(=O)OC(C)(C)C)c1N. The maximum Gasteiger partial charge on any atom is 0.351 e. The fourth-order valence-corrected chi connectivity index (χ4v) is 3.05. The van der Waals surface area contributed by atoms with E-state index in [0.717, 1.165) is 10.4 Å². The number of carbonyl (C=O) groups excluding carboxylic acids is 1. The zero-order valence-corrected chi connectivity index (χ0v) is 14.1. The Morgan fingerprint density at radius 2 is 2.05 bits per heavy atom. The van der Waals surface area contributed by atoms with Crippen molar-refractivity contribution in [2.24, 2.45) is 0 Å². The van der Waals surface area contributed by atoms with Crippen LogP contribution in [0.15, 0.2) is 21.2 Å². The first-order valence-electron chi connectivity index (χ1n) is 6.07. The summed E-state index contributed by atoms with van der Waals surface area (Å²) < 4.78 is 11.5. The smallest absolute Gasteiger partial charge is 0.351 e. The summed E-state index contributed by atoms with van der Waals surface area (Å²) in [7, 11) is 0. The Morgan fingerprint density at radius 1 is 1.40 bits per heavy atom. The fourth-order valence-electron chi connectivity index (χ4n) is 1.67. The van der Waals surface area contributed by atoms with Crippen molar-refractivity contribution in [3.8, 4) is 10.6 Å². The molecular formula is C14H16BrNO3S. The monoisotopic (exact) mass is 357 g/mol. The summed E-state index contributed by atoms with van der Waals surface area (Å²) in [5.74, 6) is 0.279. The average Bonchev–Trinajstić information content (AvgIpc) is 2.83. The fraction of sp³-hybridized carbons (Fsp3) is 0.357. The third-order valence-corrected chi connectivity index (χ3v) is 4.30. The predicted octanol–water partition coefficient (Wildman–Crippen LogP) is 4.62. The van der Waals surface area contributed by atoms with Crippen LogP contribution in [0.1, 0.15) is 36.0 Å². The molecule has 20 heavy (non-hydrogen) atoms. The second-order valence-electron chi connectivity index (χ2n) is 5.40. The van der Waals surface area contributed by atoms with Gasteiger partial charge in [-0.25, -0.2) is 4.79 Å². The van der Waals surface area contributed by atoms with E-state index in [-0.39, 0.29) is 0 Å². The number of carbonyl (C=O) groups is 1. The van der Waals surface area contributed by atoms with Crippen LogP contribution in [0.2, 0.25) is 0 Å². The molecule has 0 fully saturated rings. The highest BCUT2D eigenvalue weighted by atomic mass is 79.9. The summed E-state index contributed by atoms with van der Waals surface area (Å²) in [5, 5.41) is 0. The standard InChI is InChI=1S/C14H16BrNO3S/c1-7-10(16)12(13(17)19-14(2,3)4)20-11(7)8-5-6-9(15)18-8/h5-6H,16H2,1-4H3. The third kappa shape index (κ3) is 3.07. The largest absolute Gasteiger partial charge is 0.456 e. The van der Waals surface area contributed by atoms with E-state index >= 15 is 0 Å². The van der Waals surface area contributed by atoms with Gasteiger partial charge < -0.3 is 14.9 Å². The minimum absolute atomic E-state index is 0.403. The van der Waals surface area contributed by atoms with Crippen LogP contribution in [0.25, 0.3) is 10.6 Å². The molecule has 0 aliphatic rings. The van der Waals surface area contributed by atoms with Gasteiger partial charge in [-0.3, -0.25) is 0 Å². The van der Waals surface area contributed by atoms with Gasteiger partial charge >= 0.3 is 5.97 Å². The van der Waals surface area contributed by atoms with Crippen LogP contribution < -0.4 is 5.73 Å². The van der Waals surface area contributed by atoms with Crippen molar-refractivity contribution >= 4 is 38.9 Å². The van der Waals surface area contributed by atoms with E-state index < -0.39 is 11.6 Å². The van der Waals surface area contributed by atoms with E-state index in [9.17, 15) is 4.79 Å². The Hall–Kier alpha value is -1.27. The number of hydrogen-bond donors (Lipinski definition) is 1. The maximum absolute atomic E-state index is 12.2. The van der Waals surface area contributed by atoms with Gasteiger partial charge in [-0.1, -0.05) is 0 Å². The molecule has 2 aromatic rings. The van der Waals surface area contributed by atoms with Crippen molar-refractivity contribution in [3.05, 3.63) is 27.2 Å². The van der Waals surface area contributed by atoms with E-state index in [1.165, 1.54) is 11.3 Å². The van der Waals surface area contributed by atoms with Crippen molar-refractivity contribution in [1.29, 1.82) is 0 Å². The Balaban J connectivity index is 2.40. The Morgan fingerprint density at radius 3 is 2.55 bits per heavy atom. The molecule has 108 valence electrons. The average molecular weight is 358 g/mol. The first-order valence-corrected chi connectivity index (χ1v) is 7.68. The van der Waals surface area contributed by atoms with Crippen molar-refractivity contribution in [1.82, 2.24) is 0 Å². The molecule has 2 heterocycles. The summed E-state index contributed by atoms with van der Waals surface area (Å²) in [6, 6.07) is 3.64. The Labute approximate surface area is 130 Å². The zero-order chi connectivity index (χ0) is 15.1. The van der Waals surface area contributed by atoms with E-state index in [2.05, 4.69) is 15.9 Å². The van der Waals surface area contributed by atoms with Gasteiger partial charge in [-0.2, -0.15) is 0 Å². The lowest BCUT2D eigenvalue weighted by molar-refractivity contribution is 0.00763. The number of anilines is 1. The van der Waals surface area contributed by atoms with Crippen LogP contribution in [0.5, 0.6) is 0 Å². The lowest BCUT2D eigenvalue weighted by atomic mass is 10.2. The van der Waals surface area contributed by atoms with Crippen molar-refractivity contribution in [2.75, 3.05) is 5.73 Å². The molecule has 4 nitrogen and oxygen atoms in total. The molecule has 0 amide bonds. The van der Waals surface area contributed by atoms with Crippen LogP contribution >= 0.6 is 27.3 Å². The van der Waals surface area contributed by atoms with Gasteiger partial charge in [0.05, 0.1) is 10.6 Å². The molecule has 0 bridgehead atoms. The van der Waals surface area contributed by atoms with Crippen LogP contribution in [-0.2, 0) is 4.74 Å². The summed E-state index contributed by atoms with van der Waals surface area (Å²) in [5.41, 5.74) is 6.76. The molecule has 0 spiro atoms. The number of nitrogens with two attached hydrogens (primary N) is 1. The molecule has 6 heteroatoms. The van der Waals surface area contributed by atoms with Crippen molar-refractivity contribution in [2.45, 2.75) is 33.3 Å². The minimum atomic E-state index is -0.546. The van der Waals surface area contributed by atoms with Crippen LogP contribution in [0.3, 0.4) is 0 Å². The lowest BCUT2D eigenvalue weighted by Gasteiger charge is -2.19. The predicted molar refractivity (Wildman–Crippen MR) is 84.0 cm³/mol. The van der Waals surface area contributed by atoms with Gasteiger partial charge in [-0.15, -0.1) is 11.3 Å². The topological polar surface area (TPSA) is 65.5 Å². The van der Waals surface area contributed by atoms with Gasteiger partial charge in [0.2, 0.25) is 0 Å². The minimum Gasteiger partial charge on any atom is -0.456 e. The van der Waals surface area contributed by atoms with Crippen LogP contribution in [0.4, 0.5) is 5.69 Å². The van der Waals surface area contributed by atoms with Gasteiger partial charge in [0.25, 0.3) is 0 Å². The molecule has 2 rings (SSSR count). The highest BCUT2D eigenvalue weighted by Gasteiger charge is 2.25. The molecule has 0 saturated carbocycles. The van der Waals surface area contributed by atoms with Crippen LogP contribution in [-0.4, -0.2) is 11.6 Å². The van der Waals surface area contributed by atoms with Gasteiger partial charge in [0, 0.05) is 0 Å². The number of ether oxygens (including phenoxy) is 1. The van der Waals surface area contributed by atoms with E-state index in [0.29, 0.717) is 21.0 Å². The maximum atomic E-state index is 12.2. The second kappa shape index (κ2) is 5.26. The van der Waals surface area contributed by atoms with E-state index in [4.69, 9.17) is 14.9 Å². The molecule has 0 radical (unpaired) electrons. The van der Waals surface area contributed by atoms with E-state index in [1.54, 1.807) is 6.07 Å². The van der Waals surface area contributed by atoms with E-state index in [1.807, 2.05) is 33.8 Å². The molecule has 0 aromatic carbocycles. The summed E-state index contributed by atoms with van der Waals surface area (Å²) in [6.45, 7) is 7.34. The number of rotatable bonds is 2. The zero-order valence-electron chi connectivity index (χ0n) is 11.7. The van der Waals surface area contributed by atoms with Crippen molar-refractivity contribution < 1.29 is 13.9 Å². The molecule has 2 aromatic heterocycles. The lowest BCUT2D eigenvalue weighted by Crippen LogP contribution is -2.23. The number of nitrogen functional groups attached to an aromatic ring is 1. The number of esters is 1. The van der Waals surface area contributed by atoms with Gasteiger partial charge in [-0.05, 0) is 61.3 Å². The summed E-state index contributed by atoms with van der Waals surface area (Å²) >= 11 is 4.55.